The first-order valence-electron chi connectivity index (χ1n) is 6.26. The normalized spacial score (nSPS) is 20.2. The number of primary sulfonamides is 1. The van der Waals surface area contributed by atoms with Gasteiger partial charge >= 0.3 is 0 Å². The summed E-state index contributed by atoms with van der Waals surface area (Å²) in [6.45, 7) is 1.89. The Labute approximate surface area is 122 Å². The van der Waals surface area contributed by atoms with Gasteiger partial charge in [0.15, 0.2) is 0 Å². The minimum absolute atomic E-state index is 0.112. The van der Waals surface area contributed by atoms with Crippen LogP contribution < -0.4 is 15.8 Å². The van der Waals surface area contributed by atoms with Gasteiger partial charge < -0.3 is 10.6 Å². The van der Waals surface area contributed by atoms with Gasteiger partial charge in [0.25, 0.3) is 0 Å². The molecule has 0 saturated carbocycles. The first kappa shape index (κ1) is 14.8. The molecule has 0 amide bonds. The minimum Gasteiger partial charge on any atom is -0.383 e. The highest BCUT2D eigenvalue weighted by molar-refractivity contribution is 9.10. The number of sulfonamides is 1. The van der Waals surface area contributed by atoms with Crippen LogP contribution in [0, 0.1) is 0 Å². The van der Waals surface area contributed by atoms with Crippen LogP contribution in [0.5, 0.6) is 0 Å². The first-order valence-corrected chi connectivity index (χ1v) is 8.60. The number of halogens is 1. The number of rotatable bonds is 4. The summed E-state index contributed by atoms with van der Waals surface area (Å²) in [5, 5.41) is 11.9. The molecule has 0 radical (unpaired) electrons. The van der Waals surface area contributed by atoms with Crippen LogP contribution in [0.25, 0.3) is 0 Å². The van der Waals surface area contributed by atoms with Gasteiger partial charge in [0.2, 0.25) is 10.0 Å². The van der Waals surface area contributed by atoms with Crippen LogP contribution in [0.4, 0.5) is 5.69 Å². The van der Waals surface area contributed by atoms with Gasteiger partial charge in [-0.2, -0.15) is 0 Å². The number of benzene rings is 1. The zero-order chi connectivity index (χ0) is 13.9. The Bertz CT molecular complexity index is 542. The summed E-state index contributed by atoms with van der Waals surface area (Å²) in [7, 11) is -3.65. The molecule has 1 aliphatic rings. The SMILES string of the molecule is NS(=O)(=O)c1ccc(NCC2CCCCN2)c(Br)c1. The topological polar surface area (TPSA) is 84.2 Å². The predicted molar refractivity (Wildman–Crippen MR) is 79.6 cm³/mol. The highest BCUT2D eigenvalue weighted by Gasteiger charge is 2.14. The van der Waals surface area contributed by atoms with Gasteiger partial charge in [-0.3, -0.25) is 0 Å². The summed E-state index contributed by atoms with van der Waals surface area (Å²) in [5.74, 6) is 0. The molecule has 1 aromatic rings. The van der Waals surface area contributed by atoms with Gasteiger partial charge in [-0.15, -0.1) is 0 Å². The fraction of sp³-hybridized carbons (Fsp3) is 0.500. The number of hydrogen-bond acceptors (Lipinski definition) is 4. The quantitative estimate of drug-likeness (QED) is 0.773. The van der Waals surface area contributed by atoms with Gasteiger partial charge in [-0.25, -0.2) is 13.6 Å². The van der Waals surface area contributed by atoms with Crippen LogP contribution in [0.2, 0.25) is 0 Å². The summed E-state index contributed by atoms with van der Waals surface area (Å²) in [6, 6.07) is 5.23. The number of nitrogens with one attached hydrogen (secondary N) is 2. The van der Waals surface area contributed by atoms with Crippen molar-refractivity contribution in [3.8, 4) is 0 Å². The molecule has 19 heavy (non-hydrogen) atoms. The molecule has 7 heteroatoms. The number of hydrogen-bond donors (Lipinski definition) is 3. The van der Waals surface area contributed by atoms with E-state index < -0.39 is 10.0 Å². The third-order valence-electron chi connectivity index (χ3n) is 3.22. The van der Waals surface area contributed by atoms with Crippen LogP contribution in [0.3, 0.4) is 0 Å². The lowest BCUT2D eigenvalue weighted by Gasteiger charge is -2.24. The molecule has 1 atom stereocenters. The Morgan fingerprint density at radius 2 is 2.21 bits per heavy atom. The Morgan fingerprint density at radius 3 is 2.79 bits per heavy atom. The monoisotopic (exact) mass is 347 g/mol. The van der Waals surface area contributed by atoms with Gasteiger partial charge in [-0.05, 0) is 53.5 Å². The van der Waals surface area contributed by atoms with Crippen LogP contribution in [-0.4, -0.2) is 27.5 Å². The summed E-state index contributed by atoms with van der Waals surface area (Å²) in [5.41, 5.74) is 0.875. The van der Waals surface area contributed by atoms with Crippen LogP contribution in [0.1, 0.15) is 19.3 Å². The van der Waals surface area contributed by atoms with E-state index in [2.05, 4.69) is 26.6 Å². The summed E-state index contributed by atoms with van der Waals surface area (Å²) in [4.78, 5) is 0.112. The highest BCUT2D eigenvalue weighted by atomic mass is 79.9. The number of nitrogens with two attached hydrogens (primary N) is 1. The van der Waals surface area contributed by atoms with E-state index in [0.29, 0.717) is 10.5 Å². The van der Waals surface area contributed by atoms with Crippen molar-refractivity contribution in [1.82, 2.24) is 5.32 Å². The predicted octanol–water partition coefficient (Wildman–Crippen LogP) is 1.65. The van der Waals surface area contributed by atoms with Crippen molar-refractivity contribution in [2.75, 3.05) is 18.4 Å². The molecular formula is C12H18BrN3O2S. The molecule has 5 nitrogen and oxygen atoms in total. The third-order valence-corrected chi connectivity index (χ3v) is 4.79. The van der Waals surface area contributed by atoms with Gasteiger partial charge in [0, 0.05) is 22.7 Å². The molecule has 2 rings (SSSR count). The Morgan fingerprint density at radius 1 is 1.42 bits per heavy atom. The molecule has 1 saturated heterocycles. The average Bonchev–Trinajstić information content (AvgIpc) is 2.37. The van der Waals surface area contributed by atoms with Crippen molar-refractivity contribution in [2.24, 2.45) is 5.14 Å². The number of anilines is 1. The molecule has 1 aromatic carbocycles. The van der Waals surface area contributed by atoms with Gasteiger partial charge in [0.05, 0.1) is 4.90 Å². The van der Waals surface area contributed by atoms with Crippen molar-refractivity contribution in [2.45, 2.75) is 30.2 Å². The molecular weight excluding hydrogens is 330 g/mol. The van der Waals surface area contributed by atoms with E-state index in [1.54, 1.807) is 6.07 Å². The first-order chi connectivity index (χ1) is 8.97. The van der Waals surface area contributed by atoms with Gasteiger partial charge in [-0.1, -0.05) is 6.42 Å². The fourth-order valence-corrected chi connectivity index (χ4v) is 3.36. The van der Waals surface area contributed by atoms with Gasteiger partial charge in [0.1, 0.15) is 0 Å². The second-order valence-corrected chi connectivity index (χ2v) is 7.13. The van der Waals surface area contributed by atoms with Crippen molar-refractivity contribution in [3.05, 3.63) is 22.7 Å². The Balaban J connectivity index is 2.01. The lowest BCUT2D eigenvalue weighted by atomic mass is 10.1. The van der Waals surface area contributed by atoms with Crippen molar-refractivity contribution >= 4 is 31.6 Å². The average molecular weight is 348 g/mol. The summed E-state index contributed by atoms with van der Waals surface area (Å²) < 4.78 is 23.2. The Kier molecular flexibility index (Phi) is 4.83. The standard InChI is InChI=1S/C12H18BrN3O2S/c13-11-7-10(19(14,17)18)4-5-12(11)16-8-9-3-1-2-6-15-9/h4-5,7,9,15-16H,1-3,6,8H2,(H2,14,17,18). The smallest absolute Gasteiger partial charge is 0.238 e. The van der Waals surface area contributed by atoms with E-state index in [4.69, 9.17) is 5.14 Å². The second kappa shape index (κ2) is 6.21. The molecule has 1 heterocycles. The largest absolute Gasteiger partial charge is 0.383 e. The molecule has 106 valence electrons. The summed E-state index contributed by atoms with van der Waals surface area (Å²) in [6.07, 6.45) is 3.66. The lowest BCUT2D eigenvalue weighted by Crippen LogP contribution is -2.39. The van der Waals surface area contributed by atoms with Crippen LogP contribution in [0.15, 0.2) is 27.6 Å². The van der Waals surface area contributed by atoms with Crippen molar-refractivity contribution in [3.63, 3.8) is 0 Å². The van der Waals surface area contributed by atoms with E-state index in [-0.39, 0.29) is 4.90 Å². The zero-order valence-corrected chi connectivity index (χ0v) is 12.9. The molecule has 0 aromatic heterocycles. The lowest BCUT2D eigenvalue weighted by molar-refractivity contribution is 0.414. The zero-order valence-electron chi connectivity index (χ0n) is 10.5. The van der Waals surface area contributed by atoms with Crippen molar-refractivity contribution < 1.29 is 8.42 Å². The van der Waals surface area contributed by atoms with Crippen LogP contribution in [-0.2, 0) is 10.0 Å². The third kappa shape index (κ3) is 4.17. The maximum atomic E-state index is 11.2. The molecule has 4 N–H and O–H groups in total. The minimum atomic E-state index is -3.65. The molecule has 1 aliphatic heterocycles. The highest BCUT2D eigenvalue weighted by Crippen LogP contribution is 2.25. The maximum Gasteiger partial charge on any atom is 0.238 e. The van der Waals surface area contributed by atoms with E-state index in [1.807, 2.05) is 0 Å². The van der Waals surface area contributed by atoms with E-state index in [1.165, 1.54) is 31.4 Å². The van der Waals surface area contributed by atoms with E-state index in [0.717, 1.165) is 18.8 Å². The second-order valence-electron chi connectivity index (χ2n) is 4.71. The maximum absolute atomic E-state index is 11.2. The Hall–Kier alpha value is -0.630. The molecule has 1 unspecified atom stereocenters. The van der Waals surface area contributed by atoms with E-state index >= 15 is 0 Å². The molecule has 1 fully saturated rings. The van der Waals surface area contributed by atoms with Crippen molar-refractivity contribution in [1.29, 1.82) is 0 Å². The summed E-state index contributed by atoms with van der Waals surface area (Å²) >= 11 is 3.36. The molecule has 0 aliphatic carbocycles. The number of piperidine rings is 1. The molecule has 0 spiro atoms. The van der Waals surface area contributed by atoms with E-state index in [9.17, 15) is 8.42 Å². The fourth-order valence-electron chi connectivity index (χ4n) is 2.15. The van der Waals surface area contributed by atoms with Crippen LogP contribution >= 0.6 is 15.9 Å². The molecule has 0 bridgehead atoms.